The highest BCUT2D eigenvalue weighted by Crippen LogP contribution is 2.50. The molecule has 1 saturated heterocycles. The van der Waals surface area contributed by atoms with E-state index in [1.54, 1.807) is 0 Å². The number of rotatable bonds is 4. The molecule has 0 radical (unpaired) electrons. The van der Waals surface area contributed by atoms with Gasteiger partial charge in [0.25, 0.3) is 0 Å². The van der Waals surface area contributed by atoms with Crippen molar-refractivity contribution in [1.82, 2.24) is 4.90 Å². The van der Waals surface area contributed by atoms with E-state index < -0.39 is 0 Å². The molecule has 3 rings (SSSR count). The van der Waals surface area contributed by atoms with Gasteiger partial charge in [0.15, 0.2) is 0 Å². The molecule has 0 aromatic carbocycles. The lowest BCUT2D eigenvalue weighted by atomic mass is 9.81. The maximum atomic E-state index is 12.2. The fourth-order valence-electron chi connectivity index (χ4n) is 4.09. The number of nitriles is 1. The molecule has 2 atom stereocenters. The molecule has 3 aliphatic rings. The van der Waals surface area contributed by atoms with E-state index in [4.69, 9.17) is 5.26 Å². The van der Waals surface area contributed by atoms with Gasteiger partial charge in [-0.05, 0) is 50.5 Å². The normalized spacial score (nSPS) is 34.2. The Bertz CT molecular complexity index is 394. The molecule has 104 valence electrons. The Morgan fingerprint density at radius 3 is 2.79 bits per heavy atom. The SMILES string of the molecule is N#CCC1(CN2CCCC2C2CCCCC2=O)CC1. The number of Topliss-reactive ketones (excluding diaryl/α,β-unsaturated/α-hetero) is 1. The van der Waals surface area contributed by atoms with Gasteiger partial charge < -0.3 is 0 Å². The van der Waals surface area contributed by atoms with Crippen molar-refractivity contribution in [3.8, 4) is 6.07 Å². The highest BCUT2D eigenvalue weighted by atomic mass is 16.1. The van der Waals surface area contributed by atoms with Crippen molar-refractivity contribution in [2.75, 3.05) is 13.1 Å². The van der Waals surface area contributed by atoms with Crippen molar-refractivity contribution < 1.29 is 4.79 Å². The first-order valence-corrected chi connectivity index (χ1v) is 7.88. The molecule has 19 heavy (non-hydrogen) atoms. The van der Waals surface area contributed by atoms with Crippen LogP contribution in [0.5, 0.6) is 0 Å². The lowest BCUT2D eigenvalue weighted by molar-refractivity contribution is -0.126. The average Bonchev–Trinajstić information content (AvgIpc) is 2.99. The van der Waals surface area contributed by atoms with Gasteiger partial charge >= 0.3 is 0 Å². The average molecular weight is 260 g/mol. The van der Waals surface area contributed by atoms with Crippen LogP contribution in [0.1, 0.15) is 57.8 Å². The van der Waals surface area contributed by atoms with Crippen LogP contribution in [0, 0.1) is 22.7 Å². The second-order valence-corrected chi connectivity index (χ2v) is 6.83. The summed E-state index contributed by atoms with van der Waals surface area (Å²) in [6.45, 7) is 2.20. The van der Waals surface area contributed by atoms with E-state index in [1.807, 2.05) is 0 Å². The van der Waals surface area contributed by atoms with Crippen LogP contribution >= 0.6 is 0 Å². The minimum absolute atomic E-state index is 0.287. The molecule has 2 saturated carbocycles. The first-order valence-electron chi connectivity index (χ1n) is 7.88. The maximum absolute atomic E-state index is 12.2. The second-order valence-electron chi connectivity index (χ2n) is 6.83. The summed E-state index contributed by atoms with van der Waals surface area (Å²) in [5.41, 5.74) is 0.287. The van der Waals surface area contributed by atoms with Crippen LogP contribution < -0.4 is 0 Å². The van der Waals surface area contributed by atoms with Gasteiger partial charge in [0.2, 0.25) is 0 Å². The smallest absolute Gasteiger partial charge is 0.137 e. The summed E-state index contributed by atoms with van der Waals surface area (Å²) in [7, 11) is 0. The molecule has 0 amide bonds. The van der Waals surface area contributed by atoms with Crippen LogP contribution in [-0.2, 0) is 4.79 Å². The van der Waals surface area contributed by atoms with Crippen molar-refractivity contribution in [1.29, 1.82) is 5.26 Å². The zero-order chi connectivity index (χ0) is 13.3. The van der Waals surface area contributed by atoms with E-state index >= 15 is 0 Å². The minimum atomic E-state index is 0.287. The van der Waals surface area contributed by atoms with Crippen LogP contribution in [-0.4, -0.2) is 29.8 Å². The van der Waals surface area contributed by atoms with E-state index in [9.17, 15) is 4.79 Å². The molecule has 0 spiro atoms. The predicted molar refractivity (Wildman–Crippen MR) is 73.5 cm³/mol. The summed E-state index contributed by atoms with van der Waals surface area (Å²) in [6.07, 6.45) is 9.78. The summed E-state index contributed by atoms with van der Waals surface area (Å²) >= 11 is 0. The quantitative estimate of drug-likeness (QED) is 0.780. The van der Waals surface area contributed by atoms with Gasteiger partial charge in [-0.15, -0.1) is 0 Å². The predicted octanol–water partition coefficient (Wildman–Crippen LogP) is 2.90. The highest BCUT2D eigenvalue weighted by molar-refractivity contribution is 5.82. The van der Waals surface area contributed by atoms with Crippen LogP contribution in [0.4, 0.5) is 0 Å². The Morgan fingerprint density at radius 1 is 1.26 bits per heavy atom. The molecular weight excluding hydrogens is 236 g/mol. The minimum Gasteiger partial charge on any atom is -0.299 e. The van der Waals surface area contributed by atoms with Crippen molar-refractivity contribution in [3.63, 3.8) is 0 Å². The molecular formula is C16H24N2O. The molecule has 0 bridgehead atoms. The number of ketones is 1. The Kier molecular flexibility index (Phi) is 3.62. The molecule has 1 heterocycles. The number of carbonyl (C=O) groups is 1. The van der Waals surface area contributed by atoms with Crippen molar-refractivity contribution >= 4 is 5.78 Å². The van der Waals surface area contributed by atoms with Crippen LogP contribution in [0.25, 0.3) is 0 Å². The third-order valence-electron chi connectivity index (χ3n) is 5.43. The topological polar surface area (TPSA) is 44.1 Å². The molecule has 2 aliphatic carbocycles. The third-order valence-corrected chi connectivity index (χ3v) is 5.43. The molecule has 0 aromatic heterocycles. The zero-order valence-electron chi connectivity index (χ0n) is 11.7. The molecule has 2 unspecified atom stereocenters. The first kappa shape index (κ1) is 13.1. The van der Waals surface area contributed by atoms with Gasteiger partial charge in [0, 0.05) is 31.3 Å². The Balaban J connectivity index is 1.64. The molecule has 0 N–H and O–H groups in total. The van der Waals surface area contributed by atoms with E-state index in [0.717, 1.165) is 32.4 Å². The fraction of sp³-hybridized carbons (Fsp3) is 0.875. The van der Waals surface area contributed by atoms with E-state index in [-0.39, 0.29) is 5.41 Å². The summed E-state index contributed by atoms with van der Waals surface area (Å²) in [5, 5.41) is 8.95. The Hall–Kier alpha value is -0.880. The number of nitrogens with zero attached hydrogens (tertiary/aromatic N) is 2. The third kappa shape index (κ3) is 2.69. The van der Waals surface area contributed by atoms with E-state index in [0.29, 0.717) is 24.2 Å². The van der Waals surface area contributed by atoms with Crippen LogP contribution in [0.2, 0.25) is 0 Å². The largest absolute Gasteiger partial charge is 0.299 e. The molecule has 1 aliphatic heterocycles. The van der Waals surface area contributed by atoms with Gasteiger partial charge in [0.1, 0.15) is 5.78 Å². The molecule has 3 heteroatoms. The van der Waals surface area contributed by atoms with Gasteiger partial charge in [-0.3, -0.25) is 9.69 Å². The van der Waals surface area contributed by atoms with Crippen molar-refractivity contribution in [2.24, 2.45) is 11.3 Å². The van der Waals surface area contributed by atoms with Crippen molar-refractivity contribution in [3.05, 3.63) is 0 Å². The van der Waals surface area contributed by atoms with Crippen molar-refractivity contribution in [2.45, 2.75) is 63.8 Å². The number of hydrogen-bond acceptors (Lipinski definition) is 3. The highest BCUT2D eigenvalue weighted by Gasteiger charge is 2.47. The number of hydrogen-bond donors (Lipinski definition) is 0. The Labute approximate surface area is 116 Å². The van der Waals surface area contributed by atoms with E-state index in [2.05, 4.69) is 11.0 Å². The lowest BCUT2D eigenvalue weighted by Crippen LogP contribution is -2.43. The second kappa shape index (κ2) is 5.25. The van der Waals surface area contributed by atoms with Gasteiger partial charge in [-0.1, -0.05) is 6.42 Å². The summed E-state index contributed by atoms with van der Waals surface area (Å²) in [5.74, 6) is 0.808. The van der Waals surface area contributed by atoms with Gasteiger partial charge in [-0.2, -0.15) is 5.26 Å². The Morgan fingerprint density at radius 2 is 2.11 bits per heavy atom. The van der Waals surface area contributed by atoms with Gasteiger partial charge in [-0.25, -0.2) is 0 Å². The summed E-state index contributed by atoms with van der Waals surface area (Å²) in [6, 6.07) is 2.84. The lowest BCUT2D eigenvalue weighted by Gasteiger charge is -2.34. The van der Waals surface area contributed by atoms with Crippen LogP contribution in [0.15, 0.2) is 0 Å². The maximum Gasteiger partial charge on any atom is 0.137 e. The molecule has 3 fully saturated rings. The number of likely N-dealkylation sites (tertiary alicyclic amines) is 1. The molecule has 0 aromatic rings. The summed E-state index contributed by atoms with van der Waals surface area (Å²) < 4.78 is 0. The first-order chi connectivity index (χ1) is 9.24. The van der Waals surface area contributed by atoms with E-state index in [1.165, 1.54) is 32.1 Å². The fourth-order valence-corrected chi connectivity index (χ4v) is 4.09. The standard InChI is InChI=1S/C16H24N2O/c17-10-9-16(7-8-16)12-18-11-3-5-14(18)13-4-1-2-6-15(13)19/h13-14H,1-9,11-12H2. The van der Waals surface area contributed by atoms with Gasteiger partial charge in [0.05, 0.1) is 6.07 Å². The van der Waals surface area contributed by atoms with Crippen LogP contribution in [0.3, 0.4) is 0 Å². The number of carbonyl (C=O) groups excluding carboxylic acids is 1. The summed E-state index contributed by atoms with van der Waals surface area (Å²) in [4.78, 5) is 14.7. The molecule has 3 nitrogen and oxygen atoms in total. The monoisotopic (exact) mass is 260 g/mol. The zero-order valence-corrected chi connectivity index (χ0v) is 11.7.